The number of aromatic nitrogens is 2. The maximum Gasteiger partial charge on any atom is 0.0894 e. The predicted molar refractivity (Wildman–Crippen MR) is 94.2 cm³/mol. The average molecular weight is 303 g/mol. The summed E-state index contributed by atoms with van der Waals surface area (Å²) in [6.07, 6.45) is 4.52. The summed E-state index contributed by atoms with van der Waals surface area (Å²) in [5.74, 6) is 0. The van der Waals surface area contributed by atoms with E-state index >= 15 is 0 Å². The van der Waals surface area contributed by atoms with Crippen LogP contribution in [0.5, 0.6) is 0 Å². The fourth-order valence-electron chi connectivity index (χ4n) is 3.37. The predicted octanol–water partition coefficient (Wildman–Crippen LogP) is 4.45. The van der Waals surface area contributed by atoms with Gasteiger partial charge < -0.3 is 0 Å². The summed E-state index contributed by atoms with van der Waals surface area (Å²) in [6, 6.07) is 17.3. The summed E-state index contributed by atoms with van der Waals surface area (Å²) in [5, 5.41) is 0. The Morgan fingerprint density at radius 1 is 0.913 bits per heavy atom. The van der Waals surface area contributed by atoms with E-state index in [1.54, 1.807) is 0 Å². The molecule has 1 aliphatic rings. The third kappa shape index (κ3) is 2.84. The molecule has 0 aliphatic carbocycles. The number of rotatable bonds is 3. The van der Waals surface area contributed by atoms with Gasteiger partial charge in [-0.05, 0) is 50.6 Å². The normalized spacial score (nSPS) is 16.7. The first-order valence-corrected chi connectivity index (χ1v) is 8.37. The van der Waals surface area contributed by atoms with Gasteiger partial charge in [-0.1, -0.05) is 36.4 Å². The Kier molecular flexibility index (Phi) is 3.80. The van der Waals surface area contributed by atoms with Crippen LogP contribution in [-0.2, 0) is 0 Å². The molecule has 116 valence electrons. The van der Waals surface area contributed by atoms with Crippen molar-refractivity contribution in [2.45, 2.75) is 25.8 Å². The standard InChI is InChI=1S/C20H21N3/c1-15(23-12-4-5-13-23)16-8-10-17(11-9-16)20-14-21-18-6-2-3-7-19(18)22-20/h2-3,6-11,14-15H,4-5,12-13H2,1H3. The number of para-hydroxylation sites is 2. The molecule has 1 saturated heterocycles. The van der Waals surface area contributed by atoms with Gasteiger partial charge in [-0.15, -0.1) is 0 Å². The first-order valence-electron chi connectivity index (χ1n) is 8.37. The number of nitrogens with zero attached hydrogens (tertiary/aromatic N) is 3. The summed E-state index contributed by atoms with van der Waals surface area (Å²) in [6.45, 7) is 4.74. The topological polar surface area (TPSA) is 29.0 Å². The molecule has 0 bridgehead atoms. The van der Waals surface area contributed by atoms with E-state index in [-0.39, 0.29) is 0 Å². The molecule has 3 nitrogen and oxygen atoms in total. The molecular weight excluding hydrogens is 282 g/mol. The summed E-state index contributed by atoms with van der Waals surface area (Å²) in [4.78, 5) is 11.8. The van der Waals surface area contributed by atoms with Crippen molar-refractivity contribution >= 4 is 11.0 Å². The molecule has 1 fully saturated rings. The van der Waals surface area contributed by atoms with Crippen molar-refractivity contribution in [1.29, 1.82) is 0 Å². The molecule has 0 spiro atoms. The lowest BCUT2D eigenvalue weighted by molar-refractivity contribution is 0.263. The molecule has 1 aliphatic heterocycles. The van der Waals surface area contributed by atoms with Crippen LogP contribution in [0, 0.1) is 0 Å². The molecule has 1 aromatic heterocycles. The largest absolute Gasteiger partial charge is 0.297 e. The molecule has 0 N–H and O–H groups in total. The third-order valence-electron chi connectivity index (χ3n) is 4.83. The fourth-order valence-corrected chi connectivity index (χ4v) is 3.37. The van der Waals surface area contributed by atoms with Gasteiger partial charge >= 0.3 is 0 Å². The van der Waals surface area contributed by atoms with Gasteiger partial charge in [0.1, 0.15) is 0 Å². The van der Waals surface area contributed by atoms with Crippen LogP contribution < -0.4 is 0 Å². The van der Waals surface area contributed by atoms with Gasteiger partial charge in [0.15, 0.2) is 0 Å². The molecule has 3 heteroatoms. The van der Waals surface area contributed by atoms with Gasteiger partial charge in [-0.25, -0.2) is 4.98 Å². The van der Waals surface area contributed by atoms with E-state index in [2.05, 4.69) is 41.1 Å². The van der Waals surface area contributed by atoms with Crippen LogP contribution in [-0.4, -0.2) is 28.0 Å². The number of hydrogen-bond donors (Lipinski definition) is 0. The Morgan fingerprint density at radius 2 is 1.61 bits per heavy atom. The van der Waals surface area contributed by atoms with E-state index in [4.69, 9.17) is 4.98 Å². The van der Waals surface area contributed by atoms with Gasteiger partial charge in [0.2, 0.25) is 0 Å². The minimum Gasteiger partial charge on any atom is -0.297 e. The minimum absolute atomic E-state index is 0.495. The van der Waals surface area contributed by atoms with Crippen LogP contribution in [0.3, 0.4) is 0 Å². The van der Waals surface area contributed by atoms with E-state index in [9.17, 15) is 0 Å². The van der Waals surface area contributed by atoms with Gasteiger partial charge in [-0.2, -0.15) is 0 Å². The van der Waals surface area contributed by atoms with Crippen LogP contribution in [0.15, 0.2) is 54.7 Å². The smallest absolute Gasteiger partial charge is 0.0894 e. The zero-order valence-corrected chi connectivity index (χ0v) is 13.4. The molecule has 0 radical (unpaired) electrons. The average Bonchev–Trinajstić information content (AvgIpc) is 3.15. The molecule has 23 heavy (non-hydrogen) atoms. The first-order chi connectivity index (χ1) is 11.3. The highest BCUT2D eigenvalue weighted by molar-refractivity contribution is 5.76. The molecule has 0 amide bonds. The van der Waals surface area contributed by atoms with Crippen LogP contribution in [0.1, 0.15) is 31.4 Å². The third-order valence-corrected chi connectivity index (χ3v) is 4.83. The Bertz CT molecular complexity index is 804. The summed E-state index contributed by atoms with van der Waals surface area (Å²) < 4.78 is 0. The van der Waals surface area contributed by atoms with E-state index in [0.717, 1.165) is 22.3 Å². The fraction of sp³-hybridized carbons (Fsp3) is 0.300. The SMILES string of the molecule is CC(c1ccc(-c2cnc3ccccc3n2)cc1)N1CCCC1. The Labute approximate surface area is 137 Å². The van der Waals surface area contributed by atoms with E-state index in [0.29, 0.717) is 6.04 Å². The number of benzene rings is 2. The Morgan fingerprint density at radius 3 is 2.35 bits per heavy atom. The molecule has 2 heterocycles. The molecule has 2 aromatic carbocycles. The second kappa shape index (κ2) is 6.09. The molecular formula is C20H21N3. The van der Waals surface area contributed by atoms with Gasteiger partial charge in [0.05, 0.1) is 22.9 Å². The number of likely N-dealkylation sites (tertiary alicyclic amines) is 1. The lowest BCUT2D eigenvalue weighted by Gasteiger charge is -2.24. The zero-order valence-electron chi connectivity index (χ0n) is 13.4. The highest BCUT2D eigenvalue weighted by Gasteiger charge is 2.19. The lowest BCUT2D eigenvalue weighted by Crippen LogP contribution is -2.23. The van der Waals surface area contributed by atoms with Gasteiger partial charge in [0.25, 0.3) is 0 Å². The van der Waals surface area contributed by atoms with Crippen molar-refractivity contribution < 1.29 is 0 Å². The maximum absolute atomic E-state index is 4.72. The van der Waals surface area contributed by atoms with Crippen molar-refractivity contribution in [2.75, 3.05) is 13.1 Å². The first kappa shape index (κ1) is 14.3. The molecule has 1 unspecified atom stereocenters. The van der Waals surface area contributed by atoms with Crippen molar-refractivity contribution in [3.8, 4) is 11.3 Å². The lowest BCUT2D eigenvalue weighted by atomic mass is 10.0. The summed E-state index contributed by atoms with van der Waals surface area (Å²) in [7, 11) is 0. The minimum atomic E-state index is 0.495. The molecule has 1 atom stereocenters. The second-order valence-electron chi connectivity index (χ2n) is 6.29. The quantitative estimate of drug-likeness (QED) is 0.715. The number of fused-ring (bicyclic) bond motifs is 1. The summed E-state index contributed by atoms with van der Waals surface area (Å²) in [5.41, 5.74) is 5.32. The number of hydrogen-bond acceptors (Lipinski definition) is 3. The summed E-state index contributed by atoms with van der Waals surface area (Å²) >= 11 is 0. The van der Waals surface area contributed by atoms with Crippen LogP contribution >= 0.6 is 0 Å². The Balaban J connectivity index is 1.61. The van der Waals surface area contributed by atoms with Crippen LogP contribution in [0.25, 0.3) is 22.3 Å². The second-order valence-corrected chi connectivity index (χ2v) is 6.29. The van der Waals surface area contributed by atoms with Crippen LogP contribution in [0.2, 0.25) is 0 Å². The molecule has 0 saturated carbocycles. The van der Waals surface area contributed by atoms with Crippen LogP contribution in [0.4, 0.5) is 0 Å². The molecule has 4 rings (SSSR count). The monoisotopic (exact) mass is 303 g/mol. The van der Waals surface area contributed by atoms with E-state index in [1.807, 2.05) is 30.5 Å². The maximum atomic E-state index is 4.72. The van der Waals surface area contributed by atoms with Crippen molar-refractivity contribution in [2.24, 2.45) is 0 Å². The van der Waals surface area contributed by atoms with Crippen molar-refractivity contribution in [3.63, 3.8) is 0 Å². The zero-order chi connectivity index (χ0) is 15.6. The van der Waals surface area contributed by atoms with Crippen molar-refractivity contribution in [3.05, 3.63) is 60.3 Å². The van der Waals surface area contributed by atoms with Gasteiger partial charge in [-0.3, -0.25) is 9.88 Å². The van der Waals surface area contributed by atoms with Gasteiger partial charge in [0, 0.05) is 11.6 Å². The molecule has 3 aromatic rings. The highest BCUT2D eigenvalue weighted by Crippen LogP contribution is 2.27. The Hall–Kier alpha value is -2.26. The van der Waals surface area contributed by atoms with E-state index < -0.39 is 0 Å². The van der Waals surface area contributed by atoms with Crippen molar-refractivity contribution in [1.82, 2.24) is 14.9 Å². The highest BCUT2D eigenvalue weighted by atomic mass is 15.2. The van der Waals surface area contributed by atoms with E-state index in [1.165, 1.54) is 31.5 Å².